The van der Waals surface area contributed by atoms with Gasteiger partial charge in [-0.05, 0) is 63.4 Å². The maximum atomic E-state index is 6.48. The van der Waals surface area contributed by atoms with Crippen molar-refractivity contribution < 1.29 is 0 Å². The molecule has 6 nitrogen and oxygen atoms in total. The maximum absolute atomic E-state index is 6.48. The number of fused-ring (bicyclic) bond motifs is 1. The van der Waals surface area contributed by atoms with E-state index >= 15 is 0 Å². The average Bonchev–Trinajstić information content (AvgIpc) is 3.04. The second-order valence-corrected chi connectivity index (χ2v) is 9.78. The zero-order valence-corrected chi connectivity index (χ0v) is 21.0. The molecule has 32 heavy (non-hydrogen) atoms. The first kappa shape index (κ1) is 23.6. The van der Waals surface area contributed by atoms with Crippen LogP contribution in [0.15, 0.2) is 24.4 Å². The zero-order valence-electron chi connectivity index (χ0n) is 18.6. The molecule has 0 bridgehead atoms. The van der Waals surface area contributed by atoms with Crippen LogP contribution >= 0.6 is 35.6 Å². The number of nitrogens with zero attached hydrogens (tertiary/aromatic N) is 6. The molecule has 2 aliphatic heterocycles. The molecule has 9 heteroatoms. The highest BCUT2D eigenvalue weighted by atomic mass is 35.5. The van der Waals surface area contributed by atoms with E-state index in [0.717, 1.165) is 41.3 Å². The lowest BCUT2D eigenvalue weighted by atomic mass is 9.90. The summed E-state index contributed by atoms with van der Waals surface area (Å²) in [6, 6.07) is 6.20. The van der Waals surface area contributed by atoms with E-state index in [4.69, 9.17) is 38.3 Å². The molecule has 0 unspecified atom stereocenters. The number of hydrogen-bond acceptors (Lipinski definition) is 5. The number of piperidine rings is 1. The minimum absolute atomic E-state index is 0. The van der Waals surface area contributed by atoms with Gasteiger partial charge in [-0.2, -0.15) is 5.10 Å². The SMILES string of the molecule is Cc1nn([C@H](C)c2ccc(Cl)cc2Cl)c2nc(N3CC[C@H](N4CCC4)[C@H](C)C3)cnc12.Cl. The maximum Gasteiger partial charge on any atom is 0.179 e. The number of likely N-dealkylation sites (tertiary alicyclic amines) is 1. The van der Waals surface area contributed by atoms with Crippen LogP contribution in [0.3, 0.4) is 0 Å². The summed E-state index contributed by atoms with van der Waals surface area (Å²) >= 11 is 12.6. The van der Waals surface area contributed by atoms with E-state index in [0.29, 0.717) is 22.0 Å². The molecule has 2 saturated heterocycles. The Bertz CT molecular complexity index is 1110. The quantitative estimate of drug-likeness (QED) is 0.485. The molecule has 2 fully saturated rings. The molecule has 0 saturated carbocycles. The summed E-state index contributed by atoms with van der Waals surface area (Å²) in [5.41, 5.74) is 3.47. The smallest absolute Gasteiger partial charge is 0.179 e. The van der Waals surface area contributed by atoms with Crippen molar-refractivity contribution in [1.29, 1.82) is 0 Å². The van der Waals surface area contributed by atoms with Crippen molar-refractivity contribution >= 4 is 52.6 Å². The van der Waals surface area contributed by atoms with E-state index < -0.39 is 0 Å². The van der Waals surface area contributed by atoms with E-state index in [2.05, 4.69) is 23.6 Å². The van der Waals surface area contributed by atoms with Crippen LogP contribution in [-0.2, 0) is 0 Å². The summed E-state index contributed by atoms with van der Waals surface area (Å²) in [4.78, 5) is 14.8. The molecule has 2 aromatic heterocycles. The lowest BCUT2D eigenvalue weighted by Crippen LogP contribution is -2.54. The lowest BCUT2D eigenvalue weighted by Gasteiger charge is -2.46. The molecule has 0 spiro atoms. The van der Waals surface area contributed by atoms with Gasteiger partial charge in [0.1, 0.15) is 11.3 Å². The number of hydrogen-bond donors (Lipinski definition) is 0. The summed E-state index contributed by atoms with van der Waals surface area (Å²) in [5, 5.41) is 6.02. The highest BCUT2D eigenvalue weighted by molar-refractivity contribution is 6.35. The Morgan fingerprint density at radius 3 is 2.59 bits per heavy atom. The number of anilines is 1. The van der Waals surface area contributed by atoms with Crippen molar-refractivity contribution in [2.24, 2.45) is 5.92 Å². The molecule has 3 atom stereocenters. The van der Waals surface area contributed by atoms with Crippen molar-refractivity contribution in [2.45, 2.75) is 45.7 Å². The highest BCUT2D eigenvalue weighted by Gasteiger charge is 2.33. The molecule has 0 N–H and O–H groups in total. The molecule has 0 amide bonds. The van der Waals surface area contributed by atoms with Crippen LogP contribution in [0.1, 0.15) is 44.0 Å². The summed E-state index contributed by atoms with van der Waals surface area (Å²) in [6.45, 7) is 10.9. The van der Waals surface area contributed by atoms with Gasteiger partial charge >= 0.3 is 0 Å². The van der Waals surface area contributed by atoms with Crippen molar-refractivity contribution in [2.75, 3.05) is 31.1 Å². The van der Waals surface area contributed by atoms with Gasteiger partial charge < -0.3 is 4.90 Å². The fraction of sp³-hybridized carbons (Fsp3) is 0.522. The van der Waals surface area contributed by atoms with Crippen molar-refractivity contribution in [1.82, 2.24) is 24.6 Å². The number of benzene rings is 1. The third-order valence-electron chi connectivity index (χ3n) is 6.88. The number of halogens is 3. The van der Waals surface area contributed by atoms with Crippen molar-refractivity contribution in [3.05, 3.63) is 45.7 Å². The van der Waals surface area contributed by atoms with Gasteiger partial charge in [-0.1, -0.05) is 36.2 Å². The molecule has 4 heterocycles. The first-order valence-corrected chi connectivity index (χ1v) is 11.8. The molecule has 2 aliphatic rings. The van der Waals surface area contributed by atoms with Crippen LogP contribution in [0.25, 0.3) is 11.2 Å². The Labute approximate surface area is 205 Å². The molecule has 1 aromatic carbocycles. The van der Waals surface area contributed by atoms with Crippen molar-refractivity contribution in [3.8, 4) is 0 Å². The summed E-state index contributed by atoms with van der Waals surface area (Å²) in [6.07, 6.45) is 4.42. The average molecular weight is 496 g/mol. The Balaban J connectivity index is 0.00000245. The molecular formula is C23H29Cl3N6. The molecule has 0 radical (unpaired) electrons. The van der Waals surface area contributed by atoms with E-state index in [9.17, 15) is 0 Å². The van der Waals surface area contributed by atoms with Crippen LogP contribution < -0.4 is 4.90 Å². The third kappa shape index (κ3) is 4.18. The van der Waals surface area contributed by atoms with Crippen molar-refractivity contribution in [3.63, 3.8) is 0 Å². The first-order valence-electron chi connectivity index (χ1n) is 11.1. The predicted octanol–water partition coefficient (Wildman–Crippen LogP) is 5.39. The number of rotatable bonds is 4. The van der Waals surface area contributed by atoms with Gasteiger partial charge in [0, 0.05) is 29.2 Å². The Morgan fingerprint density at radius 2 is 1.94 bits per heavy atom. The van der Waals surface area contributed by atoms with Crippen LogP contribution in [0.4, 0.5) is 5.82 Å². The fourth-order valence-corrected chi connectivity index (χ4v) is 5.56. The summed E-state index contributed by atoms with van der Waals surface area (Å²) < 4.78 is 1.94. The topological polar surface area (TPSA) is 50.1 Å². The second kappa shape index (κ2) is 9.34. The lowest BCUT2D eigenvalue weighted by molar-refractivity contribution is 0.0696. The standard InChI is InChI=1S/C23H28Cl2N6.ClH/c1-14-13-30(10-7-20(14)29-8-4-9-29)21-12-26-22-15(2)28-31(23(22)27-21)16(3)18-6-5-17(24)11-19(18)25;/h5-6,11-12,14,16,20H,4,7-10,13H2,1-3H3;1H/t14-,16-,20+;/m1./s1. The van der Waals surface area contributed by atoms with E-state index in [-0.39, 0.29) is 18.4 Å². The summed E-state index contributed by atoms with van der Waals surface area (Å²) in [7, 11) is 0. The molecule has 5 rings (SSSR count). The van der Waals surface area contributed by atoms with Gasteiger partial charge in [-0.25, -0.2) is 14.6 Å². The van der Waals surface area contributed by atoms with E-state index in [1.54, 1.807) is 6.07 Å². The Hall–Kier alpha value is -1.60. The van der Waals surface area contributed by atoms with Crippen LogP contribution in [0.5, 0.6) is 0 Å². The van der Waals surface area contributed by atoms with E-state index in [1.165, 1.54) is 25.9 Å². The van der Waals surface area contributed by atoms with Crippen LogP contribution in [0, 0.1) is 12.8 Å². The van der Waals surface area contributed by atoms with Gasteiger partial charge in [-0.3, -0.25) is 4.90 Å². The Kier molecular flexibility index (Phi) is 6.87. The normalized spacial score (nSPS) is 22.5. The second-order valence-electron chi connectivity index (χ2n) is 8.94. The van der Waals surface area contributed by atoms with Gasteiger partial charge in [0.05, 0.1) is 17.9 Å². The van der Waals surface area contributed by atoms with Gasteiger partial charge in [0.25, 0.3) is 0 Å². The highest BCUT2D eigenvalue weighted by Crippen LogP contribution is 2.32. The zero-order chi connectivity index (χ0) is 21.7. The number of aryl methyl sites for hydroxylation is 1. The first-order chi connectivity index (χ1) is 14.9. The monoisotopic (exact) mass is 494 g/mol. The van der Waals surface area contributed by atoms with Gasteiger partial charge in [0.2, 0.25) is 0 Å². The largest absolute Gasteiger partial charge is 0.355 e. The summed E-state index contributed by atoms with van der Waals surface area (Å²) in [5.74, 6) is 1.54. The van der Waals surface area contributed by atoms with Crippen LogP contribution in [0.2, 0.25) is 10.0 Å². The fourth-order valence-electron chi connectivity index (χ4n) is 4.99. The minimum atomic E-state index is -0.0819. The van der Waals surface area contributed by atoms with Gasteiger partial charge in [-0.15, -0.1) is 12.4 Å². The molecular weight excluding hydrogens is 467 g/mol. The van der Waals surface area contributed by atoms with Gasteiger partial charge in [0.15, 0.2) is 5.65 Å². The predicted molar refractivity (Wildman–Crippen MR) is 134 cm³/mol. The third-order valence-corrected chi connectivity index (χ3v) is 7.44. The molecule has 3 aromatic rings. The van der Waals surface area contributed by atoms with Crippen LogP contribution in [-0.4, -0.2) is 56.9 Å². The number of aromatic nitrogens is 4. The minimum Gasteiger partial charge on any atom is -0.355 e. The molecule has 0 aliphatic carbocycles. The molecule has 172 valence electrons. The Morgan fingerprint density at radius 1 is 1.16 bits per heavy atom. The van der Waals surface area contributed by atoms with E-state index in [1.807, 2.05) is 29.9 Å².